The van der Waals surface area contributed by atoms with Gasteiger partial charge in [-0.1, -0.05) is 17.7 Å². The van der Waals surface area contributed by atoms with Crippen molar-refractivity contribution in [3.05, 3.63) is 52.4 Å². The van der Waals surface area contributed by atoms with Crippen molar-refractivity contribution in [2.75, 3.05) is 41.4 Å². The van der Waals surface area contributed by atoms with E-state index in [4.69, 9.17) is 4.74 Å². The van der Waals surface area contributed by atoms with E-state index in [9.17, 15) is 0 Å². The van der Waals surface area contributed by atoms with Crippen LogP contribution in [0, 0.1) is 5.82 Å². The first kappa shape index (κ1) is 20.1. The number of aromatic nitrogens is 2. The second kappa shape index (κ2) is 8.34. The molecule has 0 amide bonds. The van der Waals surface area contributed by atoms with Crippen LogP contribution in [0.2, 0.25) is 0 Å². The monoisotopic (exact) mass is 437 g/mol. The van der Waals surface area contributed by atoms with Gasteiger partial charge in [0.25, 0.3) is 0 Å². The molecule has 3 aliphatic rings. The summed E-state index contributed by atoms with van der Waals surface area (Å²) in [5.41, 5.74) is 3.90. The van der Waals surface area contributed by atoms with E-state index in [-0.39, 0.29) is 17.6 Å². The molecule has 3 heterocycles. The molecule has 0 radical (unpaired) electrons. The van der Waals surface area contributed by atoms with Crippen molar-refractivity contribution < 1.29 is 9.13 Å². The molecular formula is C23H24FN5OS. The fourth-order valence-corrected chi connectivity index (χ4v) is 4.82. The predicted octanol–water partition coefficient (Wildman–Crippen LogP) is 4.69. The van der Waals surface area contributed by atoms with Gasteiger partial charge >= 0.3 is 6.01 Å². The number of hydrogen-bond acceptors (Lipinski definition) is 7. The van der Waals surface area contributed by atoms with Gasteiger partial charge in [-0.15, -0.1) is 0 Å². The number of halogens is 1. The first-order valence-electron chi connectivity index (χ1n) is 10.4. The molecule has 5 rings (SSSR count). The van der Waals surface area contributed by atoms with E-state index in [0.29, 0.717) is 17.9 Å². The topological polar surface area (TPSA) is 62.6 Å². The van der Waals surface area contributed by atoms with E-state index in [2.05, 4.69) is 25.2 Å². The Bertz CT molecular complexity index is 1120. The largest absolute Gasteiger partial charge is 0.421 e. The van der Waals surface area contributed by atoms with Crippen molar-refractivity contribution in [1.29, 1.82) is 0 Å². The standard InChI is InChI=1S/C23H24FN5OS/c1-14-9-16-3-4-18(22(24)17(16)10-14)30-23-27-20(26-19-11-15(2)13-25-19)12-21(28-23)29-5-7-31-8-6-29/h3-4,10-12H,5-9,13H2,1-2H3,(H,25,26,27,28). The van der Waals surface area contributed by atoms with Crippen molar-refractivity contribution in [3.8, 4) is 11.8 Å². The summed E-state index contributed by atoms with van der Waals surface area (Å²) < 4.78 is 21.0. The van der Waals surface area contributed by atoms with Crippen molar-refractivity contribution in [2.24, 2.45) is 4.99 Å². The molecule has 1 saturated heterocycles. The zero-order chi connectivity index (χ0) is 21.4. The molecule has 0 bridgehead atoms. The molecule has 2 aliphatic heterocycles. The van der Waals surface area contributed by atoms with Crippen molar-refractivity contribution >= 4 is 35.3 Å². The fraction of sp³-hybridized carbons (Fsp3) is 0.348. The van der Waals surface area contributed by atoms with Crippen LogP contribution in [-0.4, -0.2) is 46.9 Å². The number of nitrogens with one attached hydrogen (secondary N) is 1. The van der Waals surface area contributed by atoms with Crippen LogP contribution in [0.25, 0.3) is 6.08 Å². The zero-order valence-corrected chi connectivity index (χ0v) is 18.4. The molecule has 31 heavy (non-hydrogen) atoms. The lowest BCUT2D eigenvalue weighted by Crippen LogP contribution is -2.33. The molecule has 1 aromatic heterocycles. The van der Waals surface area contributed by atoms with E-state index >= 15 is 4.39 Å². The smallest absolute Gasteiger partial charge is 0.326 e. The number of rotatable bonds is 4. The van der Waals surface area contributed by atoms with Crippen LogP contribution in [0.15, 0.2) is 40.4 Å². The van der Waals surface area contributed by atoms with Gasteiger partial charge < -0.3 is 15.0 Å². The number of allylic oxidation sites excluding steroid dienone is 1. The van der Waals surface area contributed by atoms with E-state index in [0.717, 1.165) is 53.8 Å². The SMILES string of the molecule is CC1=CC(Nc2cc(N3CCSCC3)nc(Oc3ccc4c(c3F)C=C(C)C4)n2)=NC1. The van der Waals surface area contributed by atoms with Gasteiger partial charge in [-0.3, -0.25) is 4.99 Å². The van der Waals surface area contributed by atoms with E-state index < -0.39 is 0 Å². The van der Waals surface area contributed by atoms with Crippen molar-refractivity contribution in [1.82, 2.24) is 9.97 Å². The maximum Gasteiger partial charge on any atom is 0.326 e. The van der Waals surface area contributed by atoms with Crippen LogP contribution in [0.5, 0.6) is 11.8 Å². The molecule has 0 unspecified atom stereocenters. The second-order valence-corrected chi connectivity index (χ2v) is 9.26. The number of aliphatic imine (C=N–C) groups is 1. The molecule has 1 fully saturated rings. The Morgan fingerprint density at radius 2 is 1.94 bits per heavy atom. The quantitative estimate of drug-likeness (QED) is 0.749. The van der Waals surface area contributed by atoms with Gasteiger partial charge in [0, 0.05) is 36.2 Å². The summed E-state index contributed by atoms with van der Waals surface area (Å²) in [5, 5.41) is 3.25. The Kier molecular flexibility index (Phi) is 5.40. The third kappa shape index (κ3) is 4.30. The lowest BCUT2D eigenvalue weighted by Gasteiger charge is -2.27. The molecule has 160 valence electrons. The lowest BCUT2D eigenvalue weighted by molar-refractivity contribution is 0.411. The van der Waals surface area contributed by atoms with Crippen LogP contribution in [0.3, 0.4) is 0 Å². The first-order valence-corrected chi connectivity index (χ1v) is 11.6. The van der Waals surface area contributed by atoms with E-state index in [1.807, 2.05) is 49.9 Å². The summed E-state index contributed by atoms with van der Waals surface area (Å²) in [4.78, 5) is 15.8. The van der Waals surface area contributed by atoms with Gasteiger partial charge in [0.05, 0.1) is 6.54 Å². The maximum atomic E-state index is 15.1. The Hall–Kier alpha value is -2.87. The number of ether oxygens (including phenoxy) is 1. The lowest BCUT2D eigenvalue weighted by atomic mass is 10.1. The summed E-state index contributed by atoms with van der Waals surface area (Å²) in [6.07, 6.45) is 4.64. The summed E-state index contributed by atoms with van der Waals surface area (Å²) in [7, 11) is 0. The Balaban J connectivity index is 1.47. The normalized spacial score (nSPS) is 17.8. The van der Waals surface area contributed by atoms with Gasteiger partial charge in [0.2, 0.25) is 0 Å². The van der Waals surface area contributed by atoms with Crippen molar-refractivity contribution in [2.45, 2.75) is 20.3 Å². The highest BCUT2D eigenvalue weighted by Gasteiger charge is 2.21. The van der Waals surface area contributed by atoms with Gasteiger partial charge in [0.15, 0.2) is 11.6 Å². The molecule has 0 saturated carbocycles. The number of nitrogens with zero attached hydrogens (tertiary/aromatic N) is 4. The zero-order valence-electron chi connectivity index (χ0n) is 17.6. The third-order valence-corrected chi connectivity index (χ3v) is 6.40. The highest BCUT2D eigenvalue weighted by Crippen LogP contribution is 2.34. The molecule has 1 aromatic carbocycles. The third-order valence-electron chi connectivity index (χ3n) is 5.46. The fourth-order valence-electron chi connectivity index (χ4n) is 3.92. The Labute approximate surface area is 185 Å². The average Bonchev–Trinajstić information content (AvgIpc) is 3.35. The number of benzene rings is 1. The molecular weight excluding hydrogens is 413 g/mol. The van der Waals surface area contributed by atoms with Crippen LogP contribution in [-0.2, 0) is 6.42 Å². The summed E-state index contributed by atoms with van der Waals surface area (Å²) in [6, 6.07) is 5.59. The molecule has 1 aliphatic carbocycles. The minimum atomic E-state index is -0.369. The predicted molar refractivity (Wildman–Crippen MR) is 125 cm³/mol. The van der Waals surface area contributed by atoms with Crippen LogP contribution in [0.1, 0.15) is 25.0 Å². The second-order valence-electron chi connectivity index (χ2n) is 8.03. The molecule has 0 atom stereocenters. The van der Waals surface area contributed by atoms with Crippen LogP contribution >= 0.6 is 11.8 Å². The number of amidine groups is 1. The maximum absolute atomic E-state index is 15.1. The molecule has 0 spiro atoms. The van der Waals surface area contributed by atoms with Crippen LogP contribution < -0.4 is 15.0 Å². The number of fused-ring (bicyclic) bond motifs is 1. The Morgan fingerprint density at radius 3 is 2.71 bits per heavy atom. The minimum absolute atomic E-state index is 0.120. The average molecular weight is 438 g/mol. The summed E-state index contributed by atoms with van der Waals surface area (Å²) in [6.45, 7) is 6.52. The molecule has 2 aromatic rings. The van der Waals surface area contributed by atoms with Gasteiger partial charge in [-0.25, -0.2) is 4.39 Å². The number of anilines is 2. The molecule has 8 heteroatoms. The highest BCUT2D eigenvalue weighted by atomic mass is 32.2. The van der Waals surface area contributed by atoms with Gasteiger partial charge in [-0.05, 0) is 43.5 Å². The van der Waals surface area contributed by atoms with Gasteiger partial charge in [-0.2, -0.15) is 21.7 Å². The van der Waals surface area contributed by atoms with E-state index in [1.54, 1.807) is 6.07 Å². The highest BCUT2D eigenvalue weighted by molar-refractivity contribution is 7.99. The number of thioether (sulfide) groups is 1. The molecule has 6 nitrogen and oxygen atoms in total. The van der Waals surface area contributed by atoms with Gasteiger partial charge in [0.1, 0.15) is 17.5 Å². The molecule has 1 N–H and O–H groups in total. The number of hydrogen-bond donors (Lipinski definition) is 1. The van der Waals surface area contributed by atoms with E-state index in [1.165, 1.54) is 5.57 Å². The van der Waals surface area contributed by atoms with Crippen LogP contribution in [0.4, 0.5) is 16.0 Å². The van der Waals surface area contributed by atoms with Crippen molar-refractivity contribution in [3.63, 3.8) is 0 Å². The minimum Gasteiger partial charge on any atom is -0.421 e. The summed E-state index contributed by atoms with van der Waals surface area (Å²) in [5.74, 6) is 3.96. The Morgan fingerprint density at radius 1 is 1.10 bits per heavy atom. The summed E-state index contributed by atoms with van der Waals surface area (Å²) >= 11 is 1.93. The first-order chi connectivity index (χ1) is 15.0.